The molecule has 4 heterocycles. The summed E-state index contributed by atoms with van der Waals surface area (Å²) in [6, 6.07) is 36.2. The summed E-state index contributed by atoms with van der Waals surface area (Å²) < 4.78 is 43.0. The zero-order chi connectivity index (χ0) is 35.9. The number of benzene rings is 4. The van der Waals surface area contributed by atoms with E-state index in [-0.39, 0.29) is 31.5 Å². The molecule has 0 saturated heterocycles. The van der Waals surface area contributed by atoms with E-state index in [0.29, 0.717) is 28.7 Å². The van der Waals surface area contributed by atoms with Gasteiger partial charge in [-0.15, -0.1) is 48.0 Å². The zero-order valence-corrected chi connectivity index (χ0v) is 29.9. The van der Waals surface area contributed by atoms with Gasteiger partial charge in [-0.05, 0) is 59.3 Å². The van der Waals surface area contributed by atoms with Crippen molar-refractivity contribution in [3.05, 3.63) is 144 Å². The first kappa shape index (κ1) is 30.1. The summed E-state index contributed by atoms with van der Waals surface area (Å²) in [5.41, 5.74) is 9.34. The molecular weight excluding hydrogens is 788 g/mol. The summed E-state index contributed by atoms with van der Waals surface area (Å²) in [6.07, 6.45) is 3.10. The van der Waals surface area contributed by atoms with Gasteiger partial charge in [0.1, 0.15) is 5.58 Å². The number of para-hydroxylation sites is 2. The van der Waals surface area contributed by atoms with Crippen molar-refractivity contribution in [2.45, 2.75) is 46.4 Å². The second kappa shape index (κ2) is 14.3. The maximum absolute atomic E-state index is 12.7. The molecule has 0 bridgehead atoms. The molecule has 4 aromatic heterocycles. The molecule has 0 N–H and O–H groups in total. The van der Waals surface area contributed by atoms with Crippen molar-refractivity contribution < 1.29 is 33.0 Å². The molecule has 0 amide bonds. The molecule has 7 heteroatoms. The van der Waals surface area contributed by atoms with Crippen LogP contribution in [0.4, 0.5) is 4.39 Å². The molecule has 0 unspecified atom stereocenters. The fourth-order valence-corrected chi connectivity index (χ4v) is 6.05. The summed E-state index contributed by atoms with van der Waals surface area (Å²) in [6.45, 7) is 6.81. The molecule has 8 rings (SSSR count). The van der Waals surface area contributed by atoms with E-state index in [0.717, 1.165) is 38.8 Å². The SMILES string of the molecule is CC(C)c1cccc(C(C)C)c1-n1c(-c2[c-]ccc3c2oc2ccccc23)nc2ncccc21.[2H]C([2H])([2H])c1ccc(-c2[c-]cc(F)cc2)nc1.[Ir]. The molecule has 0 aliphatic heterocycles. The van der Waals surface area contributed by atoms with E-state index >= 15 is 0 Å². The Hall–Kier alpha value is -4.97. The Morgan fingerprint density at radius 3 is 2.31 bits per heavy atom. The largest absolute Gasteiger partial charge is 0.501 e. The van der Waals surface area contributed by atoms with Crippen LogP contribution in [0.25, 0.3) is 61.4 Å². The molecule has 49 heavy (non-hydrogen) atoms. The second-order valence-corrected chi connectivity index (χ2v) is 12.3. The third-order valence-electron chi connectivity index (χ3n) is 8.37. The van der Waals surface area contributed by atoms with Crippen LogP contribution in [0.3, 0.4) is 0 Å². The summed E-state index contributed by atoms with van der Waals surface area (Å²) in [5.74, 6) is 1.13. The van der Waals surface area contributed by atoms with Gasteiger partial charge in [0.05, 0.1) is 16.9 Å². The van der Waals surface area contributed by atoms with Crippen molar-refractivity contribution in [2.75, 3.05) is 0 Å². The Bertz CT molecular complexity index is 2460. The Labute approximate surface area is 303 Å². The predicted octanol–water partition coefficient (Wildman–Crippen LogP) is 11.0. The van der Waals surface area contributed by atoms with Crippen LogP contribution in [-0.4, -0.2) is 19.5 Å². The average Bonchev–Trinajstić information content (AvgIpc) is 3.70. The first-order chi connectivity index (χ1) is 24.5. The predicted molar refractivity (Wildman–Crippen MR) is 192 cm³/mol. The summed E-state index contributed by atoms with van der Waals surface area (Å²) >= 11 is 0. The van der Waals surface area contributed by atoms with Crippen molar-refractivity contribution in [1.29, 1.82) is 0 Å². The molecule has 0 saturated carbocycles. The number of aromatic nitrogens is 4. The van der Waals surface area contributed by atoms with Gasteiger partial charge in [0.2, 0.25) is 0 Å². The molecule has 0 spiro atoms. The van der Waals surface area contributed by atoms with E-state index in [9.17, 15) is 4.39 Å². The maximum atomic E-state index is 12.7. The van der Waals surface area contributed by atoms with Gasteiger partial charge in [-0.25, -0.2) is 4.98 Å². The number of hydrogen-bond acceptors (Lipinski definition) is 4. The minimum atomic E-state index is -2.15. The van der Waals surface area contributed by atoms with Gasteiger partial charge in [-0.3, -0.25) is 9.37 Å². The minimum absolute atomic E-state index is 0. The van der Waals surface area contributed by atoms with Crippen molar-refractivity contribution in [3.8, 4) is 28.3 Å². The van der Waals surface area contributed by atoms with E-state index in [1.807, 2.05) is 30.3 Å². The van der Waals surface area contributed by atoms with E-state index in [1.54, 1.807) is 18.3 Å². The van der Waals surface area contributed by atoms with Gasteiger partial charge in [0, 0.05) is 53.5 Å². The zero-order valence-electron chi connectivity index (χ0n) is 30.5. The summed E-state index contributed by atoms with van der Waals surface area (Å²) in [5, 5.41) is 2.16. The van der Waals surface area contributed by atoms with Crippen LogP contribution in [0.2, 0.25) is 0 Å². The Morgan fingerprint density at radius 2 is 1.61 bits per heavy atom. The molecule has 1 radical (unpaired) electrons. The minimum Gasteiger partial charge on any atom is -0.501 e. The number of fused-ring (bicyclic) bond motifs is 4. The standard InChI is InChI=1S/C30H26N3O.C12H9FN.Ir/c1-18(2)20-11-7-12-21(19(3)4)27(20)33-25-15-9-17-31-29(25)32-30(33)24-14-8-13-23-22-10-5-6-16-26(22)34-28(23)24;1-9-2-7-12(14-8-9)10-3-5-11(13)6-4-10;/h5-13,15-19H,1-4H3;2-3,5-8H,1H3;/q2*-1;/i;1D3;. The fraction of sp³-hybridized carbons (Fsp3) is 0.167. The van der Waals surface area contributed by atoms with Crippen LogP contribution < -0.4 is 0 Å². The Kier molecular flexibility index (Phi) is 8.76. The molecule has 5 nitrogen and oxygen atoms in total. The third-order valence-corrected chi connectivity index (χ3v) is 8.37. The van der Waals surface area contributed by atoms with Crippen molar-refractivity contribution in [2.24, 2.45) is 0 Å². The topological polar surface area (TPSA) is 56.7 Å². The number of hydrogen-bond donors (Lipinski definition) is 0. The fourth-order valence-electron chi connectivity index (χ4n) is 6.05. The summed E-state index contributed by atoms with van der Waals surface area (Å²) in [7, 11) is 0. The van der Waals surface area contributed by atoms with Crippen LogP contribution in [-0.2, 0) is 20.1 Å². The van der Waals surface area contributed by atoms with Crippen LogP contribution in [0.1, 0.15) is 60.3 Å². The monoisotopic (exact) mass is 826 g/mol. The van der Waals surface area contributed by atoms with Gasteiger partial charge in [0.25, 0.3) is 0 Å². The van der Waals surface area contributed by atoms with Gasteiger partial charge >= 0.3 is 0 Å². The van der Waals surface area contributed by atoms with Gasteiger partial charge in [-0.1, -0.05) is 87.2 Å². The number of rotatable bonds is 5. The van der Waals surface area contributed by atoms with Gasteiger partial charge < -0.3 is 14.0 Å². The number of aryl methyl sites for hydroxylation is 1. The third kappa shape index (κ3) is 6.57. The van der Waals surface area contributed by atoms with Crippen LogP contribution >= 0.6 is 0 Å². The number of imidazole rings is 1. The number of furan rings is 1. The van der Waals surface area contributed by atoms with E-state index < -0.39 is 6.85 Å². The van der Waals surface area contributed by atoms with E-state index in [2.05, 4.69) is 90.8 Å². The van der Waals surface area contributed by atoms with Crippen LogP contribution in [0, 0.1) is 24.8 Å². The molecule has 0 fully saturated rings. The Morgan fingerprint density at radius 1 is 0.816 bits per heavy atom. The van der Waals surface area contributed by atoms with Crippen LogP contribution in [0.15, 0.2) is 114 Å². The Balaban J connectivity index is 0.000000218. The first-order valence-corrected chi connectivity index (χ1v) is 15.9. The molecule has 0 atom stereocenters. The summed E-state index contributed by atoms with van der Waals surface area (Å²) in [4.78, 5) is 13.7. The van der Waals surface area contributed by atoms with E-state index in [1.165, 1.54) is 41.2 Å². The normalized spacial score (nSPS) is 12.4. The second-order valence-electron chi connectivity index (χ2n) is 12.3. The molecule has 0 aliphatic carbocycles. The van der Waals surface area contributed by atoms with Crippen molar-refractivity contribution in [3.63, 3.8) is 0 Å². The smallest absolute Gasteiger partial charge is 0.168 e. The van der Waals surface area contributed by atoms with Crippen LogP contribution in [0.5, 0.6) is 0 Å². The molecule has 4 aromatic carbocycles. The maximum Gasteiger partial charge on any atom is 0.168 e. The quantitative estimate of drug-likeness (QED) is 0.162. The van der Waals surface area contributed by atoms with Gasteiger partial charge in [0.15, 0.2) is 5.65 Å². The van der Waals surface area contributed by atoms with Gasteiger partial charge in [-0.2, -0.15) is 0 Å². The molecule has 247 valence electrons. The number of halogens is 1. The average molecular weight is 826 g/mol. The first-order valence-electron chi connectivity index (χ1n) is 17.4. The van der Waals surface area contributed by atoms with E-state index in [4.69, 9.17) is 13.5 Å². The number of pyridine rings is 2. The molecule has 0 aliphatic rings. The molecular formula is C42H35FIrN4O-2. The number of nitrogens with zero attached hydrogens (tertiary/aromatic N) is 4. The van der Waals surface area contributed by atoms with Crippen molar-refractivity contribution >= 4 is 33.1 Å². The molecule has 8 aromatic rings. The van der Waals surface area contributed by atoms with Crippen molar-refractivity contribution in [1.82, 2.24) is 19.5 Å².